The van der Waals surface area contributed by atoms with Crippen molar-refractivity contribution in [3.8, 4) is 0 Å². The molecule has 2 heterocycles. The number of dihydropyridines is 1. The number of hydrogen-bond acceptors (Lipinski definition) is 3. The Labute approximate surface area is 241 Å². The van der Waals surface area contributed by atoms with Crippen molar-refractivity contribution >= 4 is 17.5 Å². The molecule has 39 heavy (non-hydrogen) atoms. The van der Waals surface area contributed by atoms with Crippen LogP contribution in [0.15, 0.2) is 136 Å². The number of rotatable bonds is 11. The maximum atomic E-state index is 4.36. The molecule has 0 aromatic heterocycles. The third-order valence-electron chi connectivity index (χ3n) is 6.81. The summed E-state index contributed by atoms with van der Waals surface area (Å²) in [6.45, 7) is 16.0. The third-order valence-corrected chi connectivity index (χ3v) is 7.74. The van der Waals surface area contributed by atoms with Gasteiger partial charge in [-0.2, -0.15) is 0 Å². The number of nitrogens with one attached hydrogen (secondary N) is 2. The zero-order valence-corrected chi connectivity index (χ0v) is 25.0. The summed E-state index contributed by atoms with van der Waals surface area (Å²) in [5.41, 5.74) is 8.49. The number of benzene rings is 1. The summed E-state index contributed by atoms with van der Waals surface area (Å²) >= 11 is 1.76. The van der Waals surface area contributed by atoms with Crippen molar-refractivity contribution in [3.63, 3.8) is 0 Å². The van der Waals surface area contributed by atoms with Crippen molar-refractivity contribution < 1.29 is 0 Å². The second kappa shape index (κ2) is 15.9. The summed E-state index contributed by atoms with van der Waals surface area (Å²) in [5.74, 6) is 0.565. The highest BCUT2D eigenvalue weighted by Crippen LogP contribution is 2.32. The number of thioether (sulfide) groups is 1. The van der Waals surface area contributed by atoms with Crippen molar-refractivity contribution in [3.05, 3.63) is 148 Å². The molecule has 1 aromatic carbocycles. The number of allylic oxidation sites excluding steroid dienone is 12. The fourth-order valence-corrected chi connectivity index (χ4v) is 5.20. The third kappa shape index (κ3) is 9.67. The summed E-state index contributed by atoms with van der Waals surface area (Å²) in [5, 5.41) is 9.65. The van der Waals surface area contributed by atoms with E-state index in [1.807, 2.05) is 13.0 Å². The lowest BCUT2D eigenvalue weighted by Crippen LogP contribution is -2.28. The van der Waals surface area contributed by atoms with Crippen LogP contribution in [0.3, 0.4) is 0 Å². The van der Waals surface area contributed by atoms with Crippen molar-refractivity contribution in [1.29, 1.82) is 0 Å². The van der Waals surface area contributed by atoms with Gasteiger partial charge in [0.25, 0.3) is 0 Å². The van der Waals surface area contributed by atoms with Gasteiger partial charge in [0.2, 0.25) is 0 Å². The van der Waals surface area contributed by atoms with Crippen LogP contribution < -0.4 is 10.6 Å². The van der Waals surface area contributed by atoms with E-state index in [1.165, 1.54) is 32.8 Å². The first kappa shape index (κ1) is 30.1. The molecule has 2 N–H and O–H groups in total. The minimum absolute atomic E-state index is 0.121. The van der Waals surface area contributed by atoms with E-state index in [4.69, 9.17) is 0 Å². The van der Waals surface area contributed by atoms with Crippen molar-refractivity contribution in [2.75, 3.05) is 6.54 Å². The Morgan fingerprint density at radius 2 is 1.97 bits per heavy atom. The normalized spacial score (nSPS) is 23.4. The van der Waals surface area contributed by atoms with Gasteiger partial charge in [-0.15, -0.1) is 0 Å². The highest BCUT2D eigenvalue weighted by molar-refractivity contribution is 8.06. The van der Waals surface area contributed by atoms with E-state index >= 15 is 0 Å². The van der Waals surface area contributed by atoms with Gasteiger partial charge in [0.05, 0.1) is 6.04 Å². The van der Waals surface area contributed by atoms with Crippen LogP contribution in [0.1, 0.15) is 51.7 Å². The van der Waals surface area contributed by atoms with Gasteiger partial charge in [-0.25, -0.2) is 0 Å². The lowest BCUT2D eigenvalue weighted by atomic mass is 9.93. The molecular weight excluding hydrogens is 492 g/mol. The number of hydrogen-bond donors (Lipinski definition) is 2. The second-order valence-corrected chi connectivity index (χ2v) is 11.0. The molecule has 0 radical (unpaired) electrons. The summed E-state index contributed by atoms with van der Waals surface area (Å²) in [6, 6.07) is 8.71. The molecule has 0 spiro atoms. The molecule has 1 aromatic rings. The first-order valence-corrected chi connectivity index (χ1v) is 14.9. The Balaban J connectivity index is 1.87. The Kier molecular flexibility index (Phi) is 12.2. The van der Waals surface area contributed by atoms with E-state index < -0.39 is 0 Å². The molecule has 204 valence electrons. The van der Waals surface area contributed by atoms with Crippen molar-refractivity contribution in [2.24, 2.45) is 5.92 Å². The van der Waals surface area contributed by atoms with Crippen LogP contribution in [0.5, 0.6) is 0 Å². The van der Waals surface area contributed by atoms with E-state index in [9.17, 15) is 0 Å². The van der Waals surface area contributed by atoms with Gasteiger partial charge in [0.15, 0.2) is 0 Å². The van der Waals surface area contributed by atoms with Gasteiger partial charge in [-0.3, -0.25) is 0 Å². The van der Waals surface area contributed by atoms with E-state index in [-0.39, 0.29) is 6.04 Å². The molecule has 0 saturated heterocycles. The fourth-order valence-electron chi connectivity index (χ4n) is 4.29. The van der Waals surface area contributed by atoms with Crippen LogP contribution in [0, 0.1) is 12.8 Å². The first-order chi connectivity index (χ1) is 18.9. The largest absolute Gasteiger partial charge is 0.384 e. The Morgan fingerprint density at radius 1 is 1.15 bits per heavy atom. The smallest absolute Gasteiger partial charge is 0.0698 e. The van der Waals surface area contributed by atoms with Gasteiger partial charge < -0.3 is 10.6 Å². The highest BCUT2D eigenvalue weighted by Gasteiger charge is 2.18. The predicted octanol–water partition coefficient (Wildman–Crippen LogP) is 9.48. The Hall–Kier alpha value is -3.43. The molecule has 2 aliphatic heterocycles. The van der Waals surface area contributed by atoms with E-state index in [1.54, 1.807) is 11.8 Å². The fraction of sp³-hybridized carbons (Fsp3) is 0.278. The van der Waals surface area contributed by atoms with Gasteiger partial charge in [-0.05, 0) is 90.7 Å². The molecule has 0 fully saturated rings. The lowest BCUT2D eigenvalue weighted by Gasteiger charge is -2.25. The quantitative estimate of drug-likeness (QED) is 0.275. The molecule has 2 atom stereocenters. The van der Waals surface area contributed by atoms with Gasteiger partial charge in [-0.1, -0.05) is 105 Å². The van der Waals surface area contributed by atoms with Crippen LogP contribution in [0.4, 0.5) is 0 Å². The monoisotopic (exact) mass is 536 g/mol. The average molecular weight is 537 g/mol. The topological polar surface area (TPSA) is 24.1 Å². The predicted molar refractivity (Wildman–Crippen MR) is 175 cm³/mol. The standard InChI is InChI=1S/C36H44N2S/c1-7-9-10-16-32-23-29(5)24-34(36-20-19-28(4)25-38-36)31(26-39-32)21-22-37-35(18-13-14-27(3)8-2)33-17-12-11-15-30(33)6/h7,9-20,23-27,36-38H,5,8,21-22H2,1-4,6H3/b9-7-,14-13-,16-10-,31-26-,32-23-,34-24+,35-18-. The van der Waals surface area contributed by atoms with Crippen LogP contribution in [-0.2, 0) is 0 Å². The summed E-state index contributed by atoms with van der Waals surface area (Å²) < 4.78 is 0. The van der Waals surface area contributed by atoms with Gasteiger partial charge in [0.1, 0.15) is 0 Å². The Morgan fingerprint density at radius 3 is 2.69 bits per heavy atom. The average Bonchev–Trinajstić information content (AvgIpc) is 2.92. The summed E-state index contributed by atoms with van der Waals surface area (Å²) in [7, 11) is 0. The highest BCUT2D eigenvalue weighted by atomic mass is 32.2. The second-order valence-electron chi connectivity index (χ2n) is 10.1. The van der Waals surface area contributed by atoms with Crippen LogP contribution in [-0.4, -0.2) is 12.6 Å². The van der Waals surface area contributed by atoms with E-state index in [0.29, 0.717) is 5.92 Å². The molecule has 0 aliphatic carbocycles. The van der Waals surface area contributed by atoms with Crippen LogP contribution >= 0.6 is 11.8 Å². The van der Waals surface area contributed by atoms with Crippen molar-refractivity contribution in [1.82, 2.24) is 10.6 Å². The van der Waals surface area contributed by atoms with Crippen molar-refractivity contribution in [2.45, 2.75) is 53.5 Å². The molecule has 2 unspecified atom stereocenters. The molecule has 3 rings (SSSR count). The van der Waals surface area contributed by atoms with Gasteiger partial charge in [0, 0.05) is 28.9 Å². The zero-order chi connectivity index (χ0) is 28.0. The summed E-state index contributed by atoms with van der Waals surface area (Å²) in [6.07, 6.45) is 28.0. The van der Waals surface area contributed by atoms with E-state index in [2.05, 4.69) is 142 Å². The molecular formula is C36H44N2S. The molecule has 0 saturated carbocycles. The SMILES string of the molecule is C=C1/C=C(/C=C\C=C/C)S/C=C(CCN/C(=C\C=C/C(C)CC)c2ccccc2C)\C(C2C=CC(C)=CN2)=C/1. The molecule has 0 amide bonds. The maximum Gasteiger partial charge on any atom is 0.0698 e. The lowest BCUT2D eigenvalue weighted by molar-refractivity contribution is 0.698. The zero-order valence-electron chi connectivity index (χ0n) is 24.2. The van der Waals surface area contributed by atoms with Crippen LogP contribution in [0.2, 0.25) is 0 Å². The first-order valence-electron chi connectivity index (χ1n) is 14.0. The Bertz CT molecular complexity index is 1280. The number of aryl methyl sites for hydroxylation is 1. The minimum atomic E-state index is 0.121. The van der Waals surface area contributed by atoms with Crippen LogP contribution in [0.25, 0.3) is 5.70 Å². The maximum absolute atomic E-state index is 4.36. The molecule has 0 bridgehead atoms. The van der Waals surface area contributed by atoms with E-state index in [0.717, 1.165) is 30.7 Å². The van der Waals surface area contributed by atoms with Gasteiger partial charge >= 0.3 is 0 Å². The minimum Gasteiger partial charge on any atom is -0.384 e. The molecule has 2 nitrogen and oxygen atoms in total. The molecule has 2 aliphatic rings. The molecule has 3 heteroatoms. The summed E-state index contributed by atoms with van der Waals surface area (Å²) in [4.78, 5) is 1.18.